The van der Waals surface area contributed by atoms with Crippen LogP contribution in [0.4, 0.5) is 4.39 Å². The molecule has 1 heterocycles. The fourth-order valence-corrected chi connectivity index (χ4v) is 3.01. The lowest BCUT2D eigenvalue weighted by atomic mass is 9.94. The third kappa shape index (κ3) is 4.40. The van der Waals surface area contributed by atoms with Gasteiger partial charge in [-0.2, -0.15) is 0 Å². The van der Waals surface area contributed by atoms with Gasteiger partial charge in [-0.3, -0.25) is 0 Å². The summed E-state index contributed by atoms with van der Waals surface area (Å²) < 4.78 is 19.0. The fourth-order valence-electron chi connectivity index (χ4n) is 2.22. The Hall–Kier alpha value is -1.23. The number of rotatable bonds is 8. The Kier molecular flexibility index (Phi) is 6.18. The summed E-state index contributed by atoms with van der Waals surface area (Å²) in [5, 5.41) is 5.40. The first kappa shape index (κ1) is 15.2. The van der Waals surface area contributed by atoms with Crippen molar-refractivity contribution in [2.24, 2.45) is 0 Å². The van der Waals surface area contributed by atoms with Crippen LogP contribution in [0.3, 0.4) is 0 Å². The second kappa shape index (κ2) is 8.15. The van der Waals surface area contributed by atoms with Crippen molar-refractivity contribution in [3.05, 3.63) is 58.0 Å². The van der Waals surface area contributed by atoms with Crippen LogP contribution in [-0.2, 0) is 11.2 Å². The minimum absolute atomic E-state index is 0.123. The zero-order chi connectivity index (χ0) is 14.2. The second-order valence-electron chi connectivity index (χ2n) is 4.70. The zero-order valence-electron chi connectivity index (χ0n) is 11.6. The Morgan fingerprint density at radius 2 is 2.10 bits per heavy atom. The summed E-state index contributed by atoms with van der Waals surface area (Å²) in [6.07, 6.45) is 0.860. The van der Waals surface area contributed by atoms with Gasteiger partial charge in [-0.15, -0.1) is 11.3 Å². The van der Waals surface area contributed by atoms with Crippen LogP contribution in [0.2, 0.25) is 0 Å². The van der Waals surface area contributed by atoms with Gasteiger partial charge in [-0.1, -0.05) is 24.3 Å². The van der Waals surface area contributed by atoms with E-state index in [0.717, 1.165) is 25.1 Å². The van der Waals surface area contributed by atoms with Crippen molar-refractivity contribution < 1.29 is 9.13 Å². The molecule has 0 aliphatic rings. The molecule has 108 valence electrons. The van der Waals surface area contributed by atoms with Crippen LogP contribution >= 0.6 is 11.3 Å². The Bertz CT molecular complexity index is 501. The van der Waals surface area contributed by atoms with Gasteiger partial charge in [-0.05, 0) is 29.5 Å². The highest BCUT2D eigenvalue weighted by atomic mass is 32.1. The van der Waals surface area contributed by atoms with Gasteiger partial charge in [0, 0.05) is 31.0 Å². The summed E-state index contributed by atoms with van der Waals surface area (Å²) in [6, 6.07) is 11.2. The number of ether oxygens (including phenoxy) is 1. The second-order valence-corrected chi connectivity index (χ2v) is 5.73. The first-order chi connectivity index (χ1) is 9.81. The Morgan fingerprint density at radius 3 is 2.80 bits per heavy atom. The predicted molar refractivity (Wildman–Crippen MR) is 81.9 cm³/mol. The van der Waals surface area contributed by atoms with Gasteiger partial charge in [0.15, 0.2) is 0 Å². The summed E-state index contributed by atoms with van der Waals surface area (Å²) >= 11 is 1.72. The van der Waals surface area contributed by atoms with Crippen LogP contribution < -0.4 is 5.32 Å². The highest BCUT2D eigenvalue weighted by Gasteiger charge is 2.16. The van der Waals surface area contributed by atoms with E-state index in [9.17, 15) is 4.39 Å². The topological polar surface area (TPSA) is 21.3 Å². The van der Waals surface area contributed by atoms with Crippen LogP contribution in [-0.4, -0.2) is 26.8 Å². The van der Waals surface area contributed by atoms with Gasteiger partial charge in [0.1, 0.15) is 5.82 Å². The molecule has 1 aromatic carbocycles. The maximum atomic E-state index is 14.0. The first-order valence-electron chi connectivity index (χ1n) is 6.77. The summed E-state index contributed by atoms with van der Waals surface area (Å²) in [4.78, 5) is 1.28. The maximum absolute atomic E-state index is 14.0. The molecular formula is C16H20FNOS. The summed E-state index contributed by atoms with van der Waals surface area (Å²) in [6.45, 7) is 2.21. The van der Waals surface area contributed by atoms with Crippen molar-refractivity contribution >= 4 is 11.3 Å². The van der Waals surface area contributed by atoms with E-state index in [1.807, 2.05) is 18.2 Å². The van der Waals surface area contributed by atoms with Crippen molar-refractivity contribution in [1.82, 2.24) is 5.32 Å². The van der Waals surface area contributed by atoms with Crippen LogP contribution in [0.15, 0.2) is 41.8 Å². The van der Waals surface area contributed by atoms with E-state index < -0.39 is 0 Å². The third-order valence-electron chi connectivity index (χ3n) is 3.25. The monoisotopic (exact) mass is 293 g/mol. The minimum atomic E-state index is -0.123. The molecule has 2 aromatic rings. The molecule has 0 spiro atoms. The molecule has 0 aliphatic heterocycles. The Balaban J connectivity index is 2.05. The van der Waals surface area contributed by atoms with E-state index in [1.54, 1.807) is 24.5 Å². The molecule has 20 heavy (non-hydrogen) atoms. The number of benzene rings is 1. The molecule has 0 radical (unpaired) electrons. The van der Waals surface area contributed by atoms with Crippen LogP contribution in [0.5, 0.6) is 0 Å². The molecule has 1 atom stereocenters. The van der Waals surface area contributed by atoms with E-state index in [-0.39, 0.29) is 11.7 Å². The lowest BCUT2D eigenvalue weighted by Gasteiger charge is -2.18. The van der Waals surface area contributed by atoms with Crippen molar-refractivity contribution in [2.75, 3.05) is 26.8 Å². The first-order valence-corrected chi connectivity index (χ1v) is 7.65. The fraction of sp³-hybridized carbons (Fsp3) is 0.375. The van der Waals surface area contributed by atoms with Crippen molar-refractivity contribution in [3.63, 3.8) is 0 Å². The molecule has 1 N–H and O–H groups in total. The van der Waals surface area contributed by atoms with Crippen LogP contribution in [0, 0.1) is 5.82 Å². The molecule has 2 rings (SSSR count). The van der Waals surface area contributed by atoms with Crippen LogP contribution in [0.1, 0.15) is 16.4 Å². The molecule has 0 amide bonds. The molecule has 0 aliphatic carbocycles. The van der Waals surface area contributed by atoms with Gasteiger partial charge >= 0.3 is 0 Å². The van der Waals surface area contributed by atoms with Crippen molar-refractivity contribution in [1.29, 1.82) is 0 Å². The molecule has 0 bridgehead atoms. The Morgan fingerprint density at radius 1 is 1.25 bits per heavy atom. The van der Waals surface area contributed by atoms with Crippen molar-refractivity contribution in [2.45, 2.75) is 12.3 Å². The SMILES string of the molecule is COCCNCC(Cc1cccs1)c1ccccc1F. The van der Waals surface area contributed by atoms with E-state index in [0.29, 0.717) is 6.61 Å². The smallest absolute Gasteiger partial charge is 0.126 e. The number of halogens is 1. The molecule has 0 saturated carbocycles. The minimum Gasteiger partial charge on any atom is -0.383 e. The number of hydrogen-bond acceptors (Lipinski definition) is 3. The van der Waals surface area contributed by atoms with E-state index in [2.05, 4.69) is 16.8 Å². The average molecular weight is 293 g/mol. The predicted octanol–water partition coefficient (Wildman–Crippen LogP) is 3.45. The number of hydrogen-bond donors (Lipinski definition) is 1. The molecule has 0 saturated heterocycles. The molecule has 1 unspecified atom stereocenters. The largest absolute Gasteiger partial charge is 0.383 e. The highest BCUT2D eigenvalue weighted by Crippen LogP contribution is 2.25. The summed E-state index contributed by atoms with van der Waals surface area (Å²) in [5.74, 6) is 0.0225. The van der Waals surface area contributed by atoms with Crippen molar-refractivity contribution in [3.8, 4) is 0 Å². The van der Waals surface area contributed by atoms with E-state index in [1.165, 1.54) is 10.9 Å². The van der Waals surface area contributed by atoms with Gasteiger partial charge in [0.25, 0.3) is 0 Å². The molecular weight excluding hydrogens is 273 g/mol. The third-order valence-corrected chi connectivity index (χ3v) is 4.15. The van der Waals surface area contributed by atoms with Crippen LogP contribution in [0.25, 0.3) is 0 Å². The normalized spacial score (nSPS) is 12.5. The number of nitrogens with one attached hydrogen (secondary N) is 1. The molecule has 4 heteroatoms. The maximum Gasteiger partial charge on any atom is 0.126 e. The van der Waals surface area contributed by atoms with Gasteiger partial charge < -0.3 is 10.1 Å². The van der Waals surface area contributed by atoms with E-state index in [4.69, 9.17) is 4.74 Å². The lowest BCUT2D eigenvalue weighted by molar-refractivity contribution is 0.199. The molecule has 2 nitrogen and oxygen atoms in total. The van der Waals surface area contributed by atoms with Gasteiger partial charge in [0.2, 0.25) is 0 Å². The quantitative estimate of drug-likeness (QED) is 0.753. The highest BCUT2D eigenvalue weighted by molar-refractivity contribution is 7.09. The standard InChI is InChI=1S/C16H20FNOS/c1-19-9-8-18-12-13(11-14-5-4-10-20-14)15-6-2-3-7-16(15)17/h2-7,10,13,18H,8-9,11-12H2,1H3. The van der Waals surface area contributed by atoms with Gasteiger partial charge in [-0.25, -0.2) is 4.39 Å². The number of thiophene rings is 1. The lowest BCUT2D eigenvalue weighted by Crippen LogP contribution is -2.26. The molecule has 0 fully saturated rings. The molecule has 1 aromatic heterocycles. The average Bonchev–Trinajstić information content (AvgIpc) is 2.96. The zero-order valence-corrected chi connectivity index (χ0v) is 12.5. The summed E-state index contributed by atoms with van der Waals surface area (Å²) in [7, 11) is 1.68. The van der Waals surface area contributed by atoms with E-state index >= 15 is 0 Å². The number of methoxy groups -OCH3 is 1. The van der Waals surface area contributed by atoms with Gasteiger partial charge in [0.05, 0.1) is 6.61 Å². The Labute approximate surface area is 123 Å². The summed E-state index contributed by atoms with van der Waals surface area (Å²) in [5.41, 5.74) is 0.783.